The van der Waals surface area contributed by atoms with Gasteiger partial charge >= 0.3 is 0 Å². The van der Waals surface area contributed by atoms with Gasteiger partial charge in [-0.15, -0.1) is 0 Å². The number of carbonyl (C=O) groups is 2. The molecule has 2 aromatic carbocycles. The zero-order chi connectivity index (χ0) is 20.1. The Morgan fingerprint density at radius 1 is 1.14 bits per heavy atom. The standard InChI is InChI=1S/C21H23ClN2O4/c1-14(28-17-8-6-15(22)7-9-17)21(27)24-12-10-16(11-13-24)23-20(26)18-4-2-3-5-19(18)25/h2-9,14,16,25H,10-13H2,1H3,(H,23,26). The number of hydrogen-bond donors (Lipinski definition) is 2. The molecule has 1 heterocycles. The van der Waals surface area contributed by atoms with Crippen LogP contribution in [0.15, 0.2) is 48.5 Å². The normalized spacial score (nSPS) is 15.7. The molecule has 2 amide bonds. The van der Waals surface area contributed by atoms with Gasteiger partial charge in [-0.25, -0.2) is 0 Å². The minimum absolute atomic E-state index is 0.0383. The Bertz CT molecular complexity index is 833. The Kier molecular flexibility index (Phi) is 6.41. The van der Waals surface area contributed by atoms with Crippen LogP contribution in [0.3, 0.4) is 0 Å². The predicted molar refractivity (Wildman–Crippen MR) is 107 cm³/mol. The van der Waals surface area contributed by atoms with Gasteiger partial charge in [0.05, 0.1) is 5.56 Å². The summed E-state index contributed by atoms with van der Waals surface area (Å²) < 4.78 is 5.70. The second-order valence-corrected chi connectivity index (χ2v) is 7.24. The SMILES string of the molecule is CC(Oc1ccc(Cl)cc1)C(=O)N1CCC(NC(=O)c2ccccc2O)CC1. The first-order chi connectivity index (χ1) is 13.4. The fraction of sp³-hybridized carbons (Fsp3) is 0.333. The number of para-hydroxylation sites is 1. The molecule has 0 aliphatic carbocycles. The van der Waals surface area contributed by atoms with Crippen molar-refractivity contribution in [2.75, 3.05) is 13.1 Å². The van der Waals surface area contributed by atoms with Crippen molar-refractivity contribution >= 4 is 23.4 Å². The molecule has 1 aliphatic heterocycles. The molecule has 1 saturated heterocycles. The van der Waals surface area contributed by atoms with Crippen LogP contribution in [-0.2, 0) is 4.79 Å². The highest BCUT2D eigenvalue weighted by molar-refractivity contribution is 6.30. The van der Waals surface area contributed by atoms with Gasteiger partial charge in [-0.2, -0.15) is 0 Å². The summed E-state index contributed by atoms with van der Waals surface area (Å²) in [4.78, 5) is 26.7. The summed E-state index contributed by atoms with van der Waals surface area (Å²) in [7, 11) is 0. The Balaban J connectivity index is 1.49. The van der Waals surface area contributed by atoms with Gasteiger partial charge < -0.3 is 20.1 Å². The zero-order valence-corrected chi connectivity index (χ0v) is 16.4. The van der Waals surface area contributed by atoms with Crippen molar-refractivity contribution in [3.05, 3.63) is 59.1 Å². The van der Waals surface area contributed by atoms with Crippen molar-refractivity contribution < 1.29 is 19.4 Å². The van der Waals surface area contributed by atoms with E-state index in [0.29, 0.717) is 36.7 Å². The average Bonchev–Trinajstić information content (AvgIpc) is 2.70. The lowest BCUT2D eigenvalue weighted by atomic mass is 10.0. The van der Waals surface area contributed by atoms with Gasteiger partial charge in [-0.3, -0.25) is 9.59 Å². The quantitative estimate of drug-likeness (QED) is 0.804. The highest BCUT2D eigenvalue weighted by atomic mass is 35.5. The number of amides is 2. The number of piperidine rings is 1. The lowest BCUT2D eigenvalue weighted by Gasteiger charge is -2.33. The maximum Gasteiger partial charge on any atom is 0.263 e. The van der Waals surface area contributed by atoms with E-state index >= 15 is 0 Å². The van der Waals surface area contributed by atoms with Gasteiger partial charge in [0, 0.05) is 24.2 Å². The molecule has 2 N–H and O–H groups in total. The van der Waals surface area contributed by atoms with Gasteiger partial charge in [-0.05, 0) is 56.2 Å². The number of ether oxygens (including phenoxy) is 1. The van der Waals surface area contributed by atoms with E-state index in [9.17, 15) is 14.7 Å². The van der Waals surface area contributed by atoms with E-state index in [2.05, 4.69) is 5.32 Å². The molecule has 7 heteroatoms. The predicted octanol–water partition coefficient (Wildman–Crippen LogP) is 3.23. The van der Waals surface area contributed by atoms with Crippen molar-refractivity contribution in [3.63, 3.8) is 0 Å². The van der Waals surface area contributed by atoms with Crippen molar-refractivity contribution in [3.8, 4) is 11.5 Å². The van der Waals surface area contributed by atoms with Gasteiger partial charge in [0.25, 0.3) is 11.8 Å². The third-order valence-electron chi connectivity index (χ3n) is 4.76. The number of halogens is 1. The highest BCUT2D eigenvalue weighted by Gasteiger charge is 2.28. The fourth-order valence-electron chi connectivity index (χ4n) is 3.20. The first kappa shape index (κ1) is 20.0. The Morgan fingerprint density at radius 3 is 2.43 bits per heavy atom. The fourth-order valence-corrected chi connectivity index (χ4v) is 3.32. The molecule has 0 aromatic heterocycles. The van der Waals surface area contributed by atoms with Gasteiger partial charge in [0.2, 0.25) is 0 Å². The molecule has 1 unspecified atom stereocenters. The smallest absolute Gasteiger partial charge is 0.263 e. The van der Waals surface area contributed by atoms with E-state index in [1.165, 1.54) is 6.07 Å². The summed E-state index contributed by atoms with van der Waals surface area (Å²) in [6.07, 6.45) is 0.700. The third kappa shape index (κ3) is 4.95. The number of benzene rings is 2. The summed E-state index contributed by atoms with van der Waals surface area (Å²) in [6.45, 7) is 2.81. The van der Waals surface area contributed by atoms with Crippen LogP contribution in [-0.4, -0.2) is 47.1 Å². The highest BCUT2D eigenvalue weighted by Crippen LogP contribution is 2.20. The minimum atomic E-state index is -0.603. The molecule has 0 radical (unpaired) electrons. The van der Waals surface area contributed by atoms with Crippen LogP contribution >= 0.6 is 11.6 Å². The Morgan fingerprint density at radius 2 is 1.79 bits per heavy atom. The molecule has 2 aromatic rings. The molecule has 6 nitrogen and oxygen atoms in total. The largest absolute Gasteiger partial charge is 0.507 e. The van der Waals surface area contributed by atoms with Crippen LogP contribution in [0, 0.1) is 0 Å². The maximum atomic E-state index is 12.6. The topological polar surface area (TPSA) is 78.9 Å². The summed E-state index contributed by atoms with van der Waals surface area (Å²) in [5.41, 5.74) is 0.256. The monoisotopic (exact) mass is 402 g/mol. The second kappa shape index (κ2) is 8.97. The lowest BCUT2D eigenvalue weighted by molar-refractivity contribution is -0.139. The molecule has 28 heavy (non-hydrogen) atoms. The molecule has 1 atom stereocenters. The molecule has 148 valence electrons. The first-order valence-corrected chi connectivity index (χ1v) is 9.61. The minimum Gasteiger partial charge on any atom is -0.507 e. The van der Waals surface area contributed by atoms with Crippen molar-refractivity contribution in [1.82, 2.24) is 10.2 Å². The number of aromatic hydroxyl groups is 1. The number of hydrogen-bond acceptors (Lipinski definition) is 4. The molecular weight excluding hydrogens is 380 g/mol. The van der Waals surface area contributed by atoms with Crippen LogP contribution in [0.4, 0.5) is 0 Å². The third-order valence-corrected chi connectivity index (χ3v) is 5.02. The number of carbonyl (C=O) groups excluding carboxylic acids is 2. The Labute approximate surface area is 169 Å². The molecule has 0 saturated carbocycles. The lowest BCUT2D eigenvalue weighted by Crippen LogP contribution is -2.49. The number of nitrogens with zero attached hydrogens (tertiary/aromatic N) is 1. The van der Waals surface area contributed by atoms with Crippen LogP contribution in [0.1, 0.15) is 30.1 Å². The van der Waals surface area contributed by atoms with E-state index in [4.69, 9.17) is 16.3 Å². The van der Waals surface area contributed by atoms with E-state index < -0.39 is 6.10 Å². The first-order valence-electron chi connectivity index (χ1n) is 9.24. The molecular formula is C21H23ClN2O4. The zero-order valence-electron chi connectivity index (χ0n) is 15.6. The van der Waals surface area contributed by atoms with Crippen LogP contribution in [0.2, 0.25) is 5.02 Å². The van der Waals surface area contributed by atoms with Gasteiger partial charge in [-0.1, -0.05) is 23.7 Å². The van der Waals surface area contributed by atoms with Gasteiger partial charge in [0.1, 0.15) is 11.5 Å². The summed E-state index contributed by atoms with van der Waals surface area (Å²) in [5, 5.41) is 13.3. The maximum absolute atomic E-state index is 12.6. The molecule has 1 aliphatic rings. The number of nitrogens with one attached hydrogen (secondary N) is 1. The summed E-state index contributed by atoms with van der Waals surface area (Å²) in [6, 6.07) is 13.3. The summed E-state index contributed by atoms with van der Waals surface area (Å²) in [5.74, 6) is 0.165. The van der Waals surface area contributed by atoms with E-state index in [1.807, 2.05) is 0 Å². The van der Waals surface area contributed by atoms with Crippen LogP contribution in [0.5, 0.6) is 11.5 Å². The number of phenols is 1. The number of rotatable bonds is 5. The van der Waals surface area contributed by atoms with Crippen LogP contribution in [0.25, 0.3) is 0 Å². The molecule has 1 fully saturated rings. The van der Waals surface area contributed by atoms with Crippen molar-refractivity contribution in [1.29, 1.82) is 0 Å². The van der Waals surface area contributed by atoms with E-state index in [-0.39, 0.29) is 29.2 Å². The molecule has 0 spiro atoms. The molecule has 3 rings (SSSR count). The van der Waals surface area contributed by atoms with Crippen molar-refractivity contribution in [2.24, 2.45) is 0 Å². The van der Waals surface area contributed by atoms with Crippen LogP contribution < -0.4 is 10.1 Å². The Hall–Kier alpha value is -2.73. The van der Waals surface area contributed by atoms with Crippen molar-refractivity contribution in [2.45, 2.75) is 31.9 Å². The average molecular weight is 403 g/mol. The van der Waals surface area contributed by atoms with E-state index in [0.717, 1.165) is 0 Å². The summed E-state index contributed by atoms with van der Waals surface area (Å²) >= 11 is 5.86. The number of phenolic OH excluding ortho intramolecular Hbond substituents is 1. The van der Waals surface area contributed by atoms with E-state index in [1.54, 1.807) is 54.3 Å². The second-order valence-electron chi connectivity index (χ2n) is 6.80. The molecule has 0 bridgehead atoms. The number of likely N-dealkylation sites (tertiary alicyclic amines) is 1. The van der Waals surface area contributed by atoms with Gasteiger partial charge in [0.15, 0.2) is 6.10 Å².